The minimum atomic E-state index is -1.28. The Kier molecular flexibility index (Phi) is 3.42. The zero-order chi connectivity index (χ0) is 12.6. The van der Waals surface area contributed by atoms with E-state index >= 15 is 0 Å². The number of anilines is 1. The molecule has 1 heterocycles. The Balaban J connectivity index is 2.38. The van der Waals surface area contributed by atoms with Crippen LogP contribution in [0.25, 0.3) is 0 Å². The highest BCUT2D eigenvalue weighted by atomic mass is 79.9. The van der Waals surface area contributed by atoms with Gasteiger partial charge >= 0.3 is 0 Å². The van der Waals surface area contributed by atoms with Crippen LogP contribution in [0.5, 0.6) is 0 Å². The van der Waals surface area contributed by atoms with Crippen molar-refractivity contribution in [3.8, 4) is 0 Å². The Labute approximate surface area is 105 Å². The minimum absolute atomic E-state index is 0.0354. The molecule has 1 fully saturated rings. The number of halogens is 4. The molecule has 1 aliphatic heterocycles. The molecule has 1 aliphatic rings. The van der Waals surface area contributed by atoms with E-state index in [9.17, 15) is 18.0 Å². The Bertz CT molecular complexity index is 466. The molecule has 2 nitrogen and oxygen atoms in total. The smallest absolute Gasteiger partial charge is 0.227 e. The van der Waals surface area contributed by atoms with E-state index < -0.39 is 17.5 Å². The lowest BCUT2D eigenvalue weighted by Crippen LogP contribution is -2.26. The van der Waals surface area contributed by atoms with Gasteiger partial charge in [0.05, 0.1) is 5.69 Å². The molecule has 1 atom stereocenters. The SMILES string of the molecule is O=C1CC(CBr)CN1c1cc(F)cc(F)c1F. The summed E-state index contributed by atoms with van der Waals surface area (Å²) in [5, 5.41) is 0.592. The minimum Gasteiger partial charge on any atom is -0.309 e. The van der Waals surface area contributed by atoms with Crippen LogP contribution < -0.4 is 4.90 Å². The van der Waals surface area contributed by atoms with Crippen LogP contribution >= 0.6 is 15.9 Å². The van der Waals surface area contributed by atoms with E-state index in [1.54, 1.807) is 0 Å². The molecular formula is C11H9BrF3NO. The molecule has 6 heteroatoms. The first-order valence-electron chi connectivity index (χ1n) is 5.03. The average molecular weight is 308 g/mol. The summed E-state index contributed by atoms with van der Waals surface area (Å²) in [5.74, 6) is -3.65. The van der Waals surface area contributed by atoms with Crippen LogP contribution in [0.3, 0.4) is 0 Å². The van der Waals surface area contributed by atoms with Gasteiger partial charge in [-0.1, -0.05) is 15.9 Å². The number of rotatable bonds is 2. The van der Waals surface area contributed by atoms with E-state index in [1.807, 2.05) is 0 Å². The van der Waals surface area contributed by atoms with E-state index in [2.05, 4.69) is 15.9 Å². The molecule has 1 saturated heterocycles. The maximum atomic E-state index is 13.5. The monoisotopic (exact) mass is 307 g/mol. The van der Waals surface area contributed by atoms with Gasteiger partial charge in [0.15, 0.2) is 11.6 Å². The number of carbonyl (C=O) groups excluding carboxylic acids is 1. The van der Waals surface area contributed by atoms with Gasteiger partial charge in [-0.15, -0.1) is 0 Å². The van der Waals surface area contributed by atoms with Crippen LogP contribution in [0, 0.1) is 23.4 Å². The van der Waals surface area contributed by atoms with Crippen LogP contribution in [-0.2, 0) is 4.79 Å². The van der Waals surface area contributed by atoms with Crippen molar-refractivity contribution in [3.63, 3.8) is 0 Å². The molecule has 92 valence electrons. The number of carbonyl (C=O) groups is 1. The third-order valence-corrected chi connectivity index (χ3v) is 3.60. The van der Waals surface area contributed by atoms with Gasteiger partial charge in [-0.25, -0.2) is 13.2 Å². The maximum Gasteiger partial charge on any atom is 0.227 e. The van der Waals surface area contributed by atoms with E-state index in [0.717, 1.165) is 11.0 Å². The van der Waals surface area contributed by atoms with Crippen LogP contribution in [0.1, 0.15) is 6.42 Å². The summed E-state index contributed by atoms with van der Waals surface area (Å²) in [4.78, 5) is 12.7. The van der Waals surface area contributed by atoms with Crippen molar-refractivity contribution in [1.82, 2.24) is 0 Å². The van der Waals surface area contributed by atoms with Crippen molar-refractivity contribution in [2.45, 2.75) is 6.42 Å². The molecular weight excluding hydrogens is 299 g/mol. The van der Waals surface area contributed by atoms with Gasteiger partial charge in [0.25, 0.3) is 0 Å². The van der Waals surface area contributed by atoms with Crippen molar-refractivity contribution >= 4 is 27.5 Å². The van der Waals surface area contributed by atoms with Gasteiger partial charge in [0.1, 0.15) is 5.82 Å². The molecule has 1 aromatic rings. The second-order valence-corrected chi connectivity index (χ2v) is 4.60. The molecule has 0 aliphatic carbocycles. The van der Waals surface area contributed by atoms with Crippen molar-refractivity contribution in [1.29, 1.82) is 0 Å². The molecule has 2 rings (SSSR count). The summed E-state index contributed by atoms with van der Waals surface area (Å²) in [6.45, 7) is 0.268. The normalized spacial score (nSPS) is 20.1. The first-order chi connectivity index (χ1) is 8.02. The fourth-order valence-corrected chi connectivity index (χ4v) is 2.29. The molecule has 17 heavy (non-hydrogen) atoms. The summed E-state index contributed by atoms with van der Waals surface area (Å²) in [6.07, 6.45) is 0.253. The van der Waals surface area contributed by atoms with Gasteiger partial charge < -0.3 is 4.90 Å². The zero-order valence-electron chi connectivity index (χ0n) is 8.72. The zero-order valence-corrected chi connectivity index (χ0v) is 10.3. The third kappa shape index (κ3) is 2.31. The quantitative estimate of drug-likeness (QED) is 0.608. The molecule has 0 N–H and O–H groups in total. The topological polar surface area (TPSA) is 20.3 Å². The predicted octanol–water partition coefficient (Wildman–Crippen LogP) is 2.85. The number of nitrogens with zero attached hydrogens (tertiary/aromatic N) is 1. The van der Waals surface area contributed by atoms with Crippen LogP contribution in [-0.4, -0.2) is 17.8 Å². The summed E-state index contributed by atoms with van der Waals surface area (Å²) in [5.41, 5.74) is -0.323. The first-order valence-corrected chi connectivity index (χ1v) is 6.16. The highest BCUT2D eigenvalue weighted by Gasteiger charge is 2.32. The molecule has 0 saturated carbocycles. The summed E-state index contributed by atoms with van der Waals surface area (Å²) in [6, 6.07) is 1.30. The first kappa shape index (κ1) is 12.4. The van der Waals surface area contributed by atoms with Crippen LogP contribution in [0.4, 0.5) is 18.9 Å². The standard InChI is InChI=1S/C11H9BrF3NO/c12-4-6-1-10(17)16(5-6)9-3-7(13)2-8(14)11(9)15/h2-3,6H,1,4-5H2. The number of benzene rings is 1. The van der Waals surface area contributed by atoms with Gasteiger partial charge in [-0.2, -0.15) is 0 Å². The van der Waals surface area contributed by atoms with Crippen molar-refractivity contribution in [2.24, 2.45) is 5.92 Å². The van der Waals surface area contributed by atoms with E-state index in [1.165, 1.54) is 0 Å². The highest BCUT2D eigenvalue weighted by Crippen LogP contribution is 2.30. The lowest BCUT2D eigenvalue weighted by molar-refractivity contribution is -0.117. The number of amides is 1. The predicted molar refractivity (Wildman–Crippen MR) is 60.6 cm³/mol. The van der Waals surface area contributed by atoms with Gasteiger partial charge in [-0.3, -0.25) is 4.79 Å². The Hall–Kier alpha value is -1.04. The Morgan fingerprint density at radius 3 is 2.65 bits per heavy atom. The van der Waals surface area contributed by atoms with Gasteiger partial charge in [0, 0.05) is 30.4 Å². The van der Waals surface area contributed by atoms with E-state index in [4.69, 9.17) is 0 Å². The molecule has 1 unspecified atom stereocenters. The third-order valence-electron chi connectivity index (χ3n) is 2.69. The second kappa shape index (κ2) is 4.68. The lowest BCUT2D eigenvalue weighted by atomic mass is 10.2. The Morgan fingerprint density at radius 2 is 2.06 bits per heavy atom. The summed E-state index contributed by atoms with van der Waals surface area (Å²) in [7, 11) is 0. The highest BCUT2D eigenvalue weighted by molar-refractivity contribution is 9.09. The molecule has 0 radical (unpaired) electrons. The largest absolute Gasteiger partial charge is 0.309 e. The van der Waals surface area contributed by atoms with Crippen molar-refractivity contribution in [3.05, 3.63) is 29.6 Å². The van der Waals surface area contributed by atoms with Crippen LogP contribution in [0.15, 0.2) is 12.1 Å². The van der Waals surface area contributed by atoms with Gasteiger partial charge in [0.2, 0.25) is 5.91 Å². The maximum absolute atomic E-state index is 13.5. The average Bonchev–Trinajstić information content (AvgIpc) is 2.65. The lowest BCUT2D eigenvalue weighted by Gasteiger charge is -2.17. The number of hydrogen-bond acceptors (Lipinski definition) is 1. The van der Waals surface area contributed by atoms with Crippen LogP contribution in [0.2, 0.25) is 0 Å². The molecule has 0 aromatic heterocycles. The van der Waals surface area contributed by atoms with Gasteiger partial charge in [-0.05, 0) is 5.92 Å². The molecule has 1 amide bonds. The van der Waals surface area contributed by atoms with Crippen molar-refractivity contribution < 1.29 is 18.0 Å². The van der Waals surface area contributed by atoms with E-state index in [-0.39, 0.29) is 30.5 Å². The molecule has 1 aromatic carbocycles. The number of hydrogen-bond donors (Lipinski definition) is 0. The summed E-state index contributed by atoms with van der Waals surface area (Å²) < 4.78 is 39.5. The molecule has 0 bridgehead atoms. The number of alkyl halides is 1. The van der Waals surface area contributed by atoms with E-state index in [0.29, 0.717) is 11.4 Å². The Morgan fingerprint density at radius 1 is 1.35 bits per heavy atom. The fourth-order valence-electron chi connectivity index (χ4n) is 1.86. The second-order valence-electron chi connectivity index (χ2n) is 3.95. The molecule has 0 spiro atoms. The van der Waals surface area contributed by atoms with Crippen molar-refractivity contribution in [2.75, 3.05) is 16.8 Å². The fraction of sp³-hybridized carbons (Fsp3) is 0.364. The summed E-state index contributed by atoms with van der Waals surface area (Å²) >= 11 is 3.23.